The third kappa shape index (κ3) is 34.9. The van der Waals surface area contributed by atoms with Crippen LogP contribution in [0.25, 0.3) is 0 Å². The summed E-state index contributed by atoms with van der Waals surface area (Å²) in [4.78, 5) is 24.2. The van der Waals surface area contributed by atoms with Gasteiger partial charge in [-0.3, -0.25) is 4.79 Å². The van der Waals surface area contributed by atoms with Crippen LogP contribution < -0.4 is 0 Å². The summed E-state index contributed by atoms with van der Waals surface area (Å²) in [6, 6.07) is 0. The fraction of sp³-hybridized carbons (Fsp3) is 0.805. The Kier molecular flexibility index (Phi) is 35.1. The van der Waals surface area contributed by atoms with Crippen molar-refractivity contribution in [3.63, 3.8) is 0 Å². The van der Waals surface area contributed by atoms with Crippen molar-refractivity contribution >= 4 is 11.9 Å². The average molecular weight is 631 g/mol. The smallest absolute Gasteiger partial charge is 0.333 e. The molecule has 0 heterocycles. The van der Waals surface area contributed by atoms with E-state index in [9.17, 15) is 9.59 Å². The summed E-state index contributed by atoms with van der Waals surface area (Å²) >= 11 is 0. The van der Waals surface area contributed by atoms with E-state index in [1.165, 1.54) is 154 Å². The topological polar surface area (TPSA) is 52.6 Å². The second kappa shape index (κ2) is 36.6. The highest BCUT2D eigenvalue weighted by atomic mass is 16.5. The number of ether oxygens (including phenoxy) is 2. The van der Waals surface area contributed by atoms with Gasteiger partial charge in [0.25, 0.3) is 0 Å². The highest BCUT2D eigenvalue weighted by Gasteiger charge is 2.14. The Hall–Kier alpha value is -1.84. The molecule has 0 spiro atoms. The molecule has 0 aliphatic rings. The summed E-state index contributed by atoms with van der Waals surface area (Å²) in [6.45, 7) is 9.07. The van der Waals surface area contributed by atoms with Gasteiger partial charge in [-0.2, -0.15) is 0 Å². The van der Waals surface area contributed by atoms with Crippen molar-refractivity contribution in [2.75, 3.05) is 13.2 Å². The molecule has 0 unspecified atom stereocenters. The largest absolute Gasteiger partial charge is 0.465 e. The van der Waals surface area contributed by atoms with E-state index in [4.69, 9.17) is 9.47 Å². The SMILES string of the molecule is C=C(CC(=O)OCCCCCCCC/C=C/CCCCCCCC)C(=O)OCCCCCCCC/C=C/CCCCCCCC. The van der Waals surface area contributed by atoms with Gasteiger partial charge in [-0.15, -0.1) is 0 Å². The molecule has 0 aliphatic carbocycles. The number of hydrogen-bond acceptors (Lipinski definition) is 4. The number of esters is 2. The molecule has 0 radical (unpaired) electrons. The fourth-order valence-electron chi connectivity index (χ4n) is 5.45. The number of carbonyl (C=O) groups excluding carboxylic acids is 2. The van der Waals surface area contributed by atoms with E-state index in [0.717, 1.165) is 25.7 Å². The molecule has 0 rings (SSSR count). The van der Waals surface area contributed by atoms with E-state index in [1.807, 2.05) is 0 Å². The molecule has 0 fully saturated rings. The summed E-state index contributed by atoms with van der Waals surface area (Å²) in [5.41, 5.74) is 0.186. The number of carbonyl (C=O) groups is 2. The highest BCUT2D eigenvalue weighted by molar-refractivity contribution is 5.93. The molecule has 262 valence electrons. The zero-order chi connectivity index (χ0) is 32.9. The monoisotopic (exact) mass is 631 g/mol. The molecule has 4 nitrogen and oxygen atoms in total. The Balaban J connectivity index is 3.46. The van der Waals surface area contributed by atoms with Crippen LogP contribution in [0.4, 0.5) is 0 Å². The first kappa shape index (κ1) is 43.2. The predicted molar refractivity (Wildman–Crippen MR) is 195 cm³/mol. The Morgan fingerprint density at radius 2 is 0.756 bits per heavy atom. The standard InChI is InChI=1S/C41H74O4/c1-4-6-8-10-12-14-16-18-20-22-24-26-28-30-32-34-36-44-40(42)38-39(3)41(43)45-37-35-33-31-29-27-25-23-21-19-17-15-13-11-9-7-5-2/h18-21H,3-17,22-38H2,1-2H3/b20-18+,21-19+. The maximum Gasteiger partial charge on any atom is 0.333 e. The third-order valence-corrected chi connectivity index (χ3v) is 8.45. The Morgan fingerprint density at radius 1 is 0.444 bits per heavy atom. The number of rotatable bonds is 35. The summed E-state index contributed by atoms with van der Waals surface area (Å²) in [5.74, 6) is -0.862. The third-order valence-electron chi connectivity index (χ3n) is 8.45. The normalized spacial score (nSPS) is 11.5. The molecule has 0 atom stereocenters. The minimum absolute atomic E-state index is 0.0847. The lowest BCUT2D eigenvalue weighted by Crippen LogP contribution is -2.14. The van der Waals surface area contributed by atoms with Gasteiger partial charge in [0.05, 0.1) is 19.6 Å². The second-order valence-electron chi connectivity index (χ2n) is 13.0. The number of allylic oxidation sites excluding steroid dienone is 4. The molecule has 0 amide bonds. The van der Waals surface area contributed by atoms with E-state index in [2.05, 4.69) is 44.7 Å². The number of unbranched alkanes of at least 4 members (excludes halogenated alkanes) is 24. The van der Waals surface area contributed by atoms with Crippen molar-refractivity contribution in [3.05, 3.63) is 36.5 Å². The summed E-state index contributed by atoms with van der Waals surface area (Å²) < 4.78 is 10.6. The van der Waals surface area contributed by atoms with E-state index < -0.39 is 5.97 Å². The van der Waals surface area contributed by atoms with Crippen molar-refractivity contribution in [3.8, 4) is 0 Å². The average Bonchev–Trinajstić information content (AvgIpc) is 3.03. The zero-order valence-corrected chi connectivity index (χ0v) is 30.1. The van der Waals surface area contributed by atoms with Gasteiger partial charge in [0, 0.05) is 5.57 Å². The molecular formula is C41H74O4. The summed E-state index contributed by atoms with van der Waals surface area (Å²) in [6.07, 6.45) is 44.3. The second-order valence-corrected chi connectivity index (χ2v) is 13.0. The quantitative estimate of drug-likeness (QED) is 0.0302. The molecule has 0 N–H and O–H groups in total. The van der Waals surface area contributed by atoms with Crippen molar-refractivity contribution < 1.29 is 19.1 Å². The van der Waals surface area contributed by atoms with E-state index >= 15 is 0 Å². The molecule has 0 aromatic carbocycles. The van der Waals surface area contributed by atoms with Gasteiger partial charge < -0.3 is 9.47 Å². The molecular weight excluding hydrogens is 556 g/mol. The van der Waals surface area contributed by atoms with Gasteiger partial charge in [0.15, 0.2) is 0 Å². The van der Waals surface area contributed by atoms with Crippen molar-refractivity contribution in [1.29, 1.82) is 0 Å². The van der Waals surface area contributed by atoms with Crippen LogP contribution in [0.3, 0.4) is 0 Å². The molecule has 0 aliphatic heterocycles. The first-order valence-corrected chi connectivity index (χ1v) is 19.4. The van der Waals surface area contributed by atoms with Crippen LogP contribution in [0.15, 0.2) is 36.5 Å². The highest BCUT2D eigenvalue weighted by Crippen LogP contribution is 2.12. The lowest BCUT2D eigenvalue weighted by Gasteiger charge is -2.08. The van der Waals surface area contributed by atoms with E-state index in [1.54, 1.807) is 0 Å². The Bertz CT molecular complexity index is 723. The maximum atomic E-state index is 12.1. The van der Waals surface area contributed by atoms with Crippen LogP contribution in [0, 0.1) is 0 Å². The first-order chi connectivity index (χ1) is 22.1. The molecule has 0 saturated heterocycles. The Morgan fingerprint density at radius 3 is 1.13 bits per heavy atom. The molecule has 0 bridgehead atoms. The van der Waals surface area contributed by atoms with Gasteiger partial charge in [-0.25, -0.2) is 4.79 Å². The minimum Gasteiger partial charge on any atom is -0.465 e. The fourth-order valence-corrected chi connectivity index (χ4v) is 5.45. The summed E-state index contributed by atoms with van der Waals surface area (Å²) in [7, 11) is 0. The van der Waals surface area contributed by atoms with E-state index in [-0.39, 0.29) is 18.0 Å². The first-order valence-electron chi connectivity index (χ1n) is 19.4. The van der Waals surface area contributed by atoms with Gasteiger partial charge in [-0.05, 0) is 64.2 Å². The van der Waals surface area contributed by atoms with Crippen molar-refractivity contribution in [2.24, 2.45) is 0 Å². The zero-order valence-electron chi connectivity index (χ0n) is 30.1. The van der Waals surface area contributed by atoms with Crippen LogP contribution in [0.5, 0.6) is 0 Å². The van der Waals surface area contributed by atoms with Gasteiger partial charge >= 0.3 is 11.9 Å². The van der Waals surface area contributed by atoms with Crippen LogP contribution in [0.1, 0.15) is 200 Å². The molecule has 0 aromatic heterocycles. The number of hydrogen-bond donors (Lipinski definition) is 0. The predicted octanol–water partition coefficient (Wildman–Crippen LogP) is 13.1. The molecule has 4 heteroatoms. The maximum absolute atomic E-state index is 12.1. The van der Waals surface area contributed by atoms with Gasteiger partial charge in [0.2, 0.25) is 0 Å². The van der Waals surface area contributed by atoms with Gasteiger partial charge in [0.1, 0.15) is 0 Å². The molecule has 0 saturated carbocycles. The van der Waals surface area contributed by atoms with Crippen molar-refractivity contribution in [2.45, 2.75) is 200 Å². The van der Waals surface area contributed by atoms with E-state index in [0.29, 0.717) is 13.2 Å². The summed E-state index contributed by atoms with van der Waals surface area (Å²) in [5, 5.41) is 0. The van der Waals surface area contributed by atoms with Gasteiger partial charge in [-0.1, -0.05) is 160 Å². The minimum atomic E-state index is -0.475. The molecule has 45 heavy (non-hydrogen) atoms. The lowest BCUT2D eigenvalue weighted by atomic mass is 10.1. The Labute approximate surface area is 280 Å². The van der Waals surface area contributed by atoms with Crippen LogP contribution in [-0.2, 0) is 19.1 Å². The van der Waals surface area contributed by atoms with Crippen LogP contribution in [0.2, 0.25) is 0 Å². The molecule has 0 aromatic rings. The lowest BCUT2D eigenvalue weighted by molar-refractivity contribution is -0.146. The van der Waals surface area contributed by atoms with Crippen molar-refractivity contribution in [1.82, 2.24) is 0 Å². The van der Waals surface area contributed by atoms with Crippen LogP contribution >= 0.6 is 0 Å². The van der Waals surface area contributed by atoms with Crippen LogP contribution in [-0.4, -0.2) is 25.2 Å².